The quantitative estimate of drug-likeness (QED) is 0.919. The van der Waals surface area contributed by atoms with Gasteiger partial charge in [0.2, 0.25) is 0 Å². The van der Waals surface area contributed by atoms with Crippen LogP contribution in [0, 0.1) is 11.3 Å². The highest BCUT2D eigenvalue weighted by Crippen LogP contribution is 2.35. The molecule has 2 aromatic carbocycles. The van der Waals surface area contributed by atoms with Gasteiger partial charge in [-0.25, -0.2) is 0 Å². The largest absolute Gasteiger partial charge is 0.393 e. The van der Waals surface area contributed by atoms with E-state index in [4.69, 9.17) is 0 Å². The minimum atomic E-state index is -0.626. The van der Waals surface area contributed by atoms with Crippen molar-refractivity contribution >= 4 is 0 Å². The van der Waals surface area contributed by atoms with Crippen molar-refractivity contribution in [2.45, 2.75) is 30.8 Å². The second-order valence-electron chi connectivity index (χ2n) is 6.57. The third kappa shape index (κ3) is 3.51. The third-order valence-corrected chi connectivity index (χ3v) is 5.08. The van der Waals surface area contributed by atoms with E-state index >= 15 is 0 Å². The smallest absolute Gasteiger partial charge is 0.108 e. The van der Waals surface area contributed by atoms with Crippen LogP contribution in [0.1, 0.15) is 30.4 Å². The summed E-state index contributed by atoms with van der Waals surface area (Å²) in [6.07, 6.45) is 2.25. The second kappa shape index (κ2) is 7.61. The van der Waals surface area contributed by atoms with Crippen LogP contribution in [0.5, 0.6) is 0 Å². The molecular weight excluding hydrogens is 296 g/mol. The number of piperidine rings is 1. The average molecular weight is 320 g/mol. The van der Waals surface area contributed by atoms with Crippen LogP contribution in [-0.2, 0) is 5.41 Å². The molecule has 124 valence electrons. The molecule has 1 aliphatic heterocycles. The van der Waals surface area contributed by atoms with Gasteiger partial charge in [-0.1, -0.05) is 60.7 Å². The van der Waals surface area contributed by atoms with Gasteiger partial charge in [-0.05, 0) is 30.4 Å². The van der Waals surface area contributed by atoms with Crippen LogP contribution in [-0.4, -0.2) is 35.7 Å². The standard InChI is InChI=1S/C21H24N2O/c22-17-21(18-7-3-1-4-8-18,19-9-5-2-6-10-19)13-16-23-14-11-20(24)12-15-23/h1-10,20,24H,11-16H2. The van der Waals surface area contributed by atoms with Crippen LogP contribution in [0.25, 0.3) is 0 Å². The lowest BCUT2D eigenvalue weighted by Gasteiger charge is -2.34. The first-order valence-electron chi connectivity index (χ1n) is 8.67. The summed E-state index contributed by atoms with van der Waals surface area (Å²) in [4.78, 5) is 2.37. The number of rotatable bonds is 5. The van der Waals surface area contributed by atoms with E-state index in [1.54, 1.807) is 0 Å². The number of aliphatic hydroxyl groups is 1. The first-order valence-corrected chi connectivity index (χ1v) is 8.67. The van der Waals surface area contributed by atoms with E-state index < -0.39 is 5.41 Å². The summed E-state index contributed by atoms with van der Waals surface area (Å²) in [5.74, 6) is 0. The Balaban J connectivity index is 1.87. The molecule has 0 amide bonds. The molecule has 2 aromatic rings. The van der Waals surface area contributed by atoms with Gasteiger partial charge in [0.1, 0.15) is 5.41 Å². The first kappa shape index (κ1) is 16.7. The van der Waals surface area contributed by atoms with Crippen LogP contribution >= 0.6 is 0 Å². The Morgan fingerprint density at radius 1 is 0.958 bits per heavy atom. The molecule has 1 N–H and O–H groups in total. The maximum Gasteiger partial charge on any atom is 0.108 e. The van der Waals surface area contributed by atoms with E-state index in [0.29, 0.717) is 0 Å². The van der Waals surface area contributed by atoms with Crippen molar-refractivity contribution in [2.75, 3.05) is 19.6 Å². The molecule has 0 atom stereocenters. The van der Waals surface area contributed by atoms with E-state index in [2.05, 4.69) is 35.2 Å². The SMILES string of the molecule is N#CC(CCN1CCC(O)CC1)(c1ccccc1)c1ccccc1. The maximum absolute atomic E-state index is 10.1. The van der Waals surface area contributed by atoms with Crippen molar-refractivity contribution in [1.82, 2.24) is 4.90 Å². The summed E-state index contributed by atoms with van der Waals surface area (Å²) >= 11 is 0. The molecule has 3 rings (SSSR count). The molecule has 1 fully saturated rings. The van der Waals surface area contributed by atoms with Gasteiger partial charge in [-0.15, -0.1) is 0 Å². The molecule has 1 heterocycles. The predicted octanol–water partition coefficient (Wildman–Crippen LogP) is 3.34. The lowest BCUT2D eigenvalue weighted by Crippen LogP contribution is -2.39. The highest BCUT2D eigenvalue weighted by Gasteiger charge is 2.35. The summed E-state index contributed by atoms with van der Waals surface area (Å²) in [7, 11) is 0. The molecule has 0 spiro atoms. The zero-order chi connectivity index (χ0) is 16.8. The molecule has 0 unspecified atom stereocenters. The maximum atomic E-state index is 10.1. The zero-order valence-electron chi connectivity index (χ0n) is 13.9. The van der Waals surface area contributed by atoms with Crippen molar-refractivity contribution in [3.05, 3.63) is 71.8 Å². The van der Waals surface area contributed by atoms with E-state index in [-0.39, 0.29) is 6.10 Å². The predicted molar refractivity (Wildman–Crippen MR) is 95.6 cm³/mol. The Morgan fingerprint density at radius 3 is 1.92 bits per heavy atom. The summed E-state index contributed by atoms with van der Waals surface area (Å²) in [6.45, 7) is 2.68. The lowest BCUT2D eigenvalue weighted by atomic mass is 9.73. The van der Waals surface area contributed by atoms with Crippen LogP contribution in [0.15, 0.2) is 60.7 Å². The van der Waals surface area contributed by atoms with Gasteiger partial charge < -0.3 is 10.0 Å². The van der Waals surface area contributed by atoms with E-state index in [9.17, 15) is 10.4 Å². The monoisotopic (exact) mass is 320 g/mol. The molecule has 24 heavy (non-hydrogen) atoms. The fourth-order valence-electron chi connectivity index (χ4n) is 3.55. The second-order valence-corrected chi connectivity index (χ2v) is 6.57. The van der Waals surface area contributed by atoms with Gasteiger partial charge in [0.15, 0.2) is 0 Å². The van der Waals surface area contributed by atoms with Crippen molar-refractivity contribution in [3.63, 3.8) is 0 Å². The van der Waals surface area contributed by atoms with Gasteiger partial charge in [-0.3, -0.25) is 0 Å². The van der Waals surface area contributed by atoms with Gasteiger partial charge in [-0.2, -0.15) is 5.26 Å². The van der Waals surface area contributed by atoms with Gasteiger partial charge in [0.05, 0.1) is 12.2 Å². The van der Waals surface area contributed by atoms with Crippen molar-refractivity contribution < 1.29 is 5.11 Å². The fourth-order valence-corrected chi connectivity index (χ4v) is 3.55. The fraction of sp³-hybridized carbons (Fsp3) is 0.381. The molecule has 0 bridgehead atoms. The van der Waals surface area contributed by atoms with Gasteiger partial charge in [0.25, 0.3) is 0 Å². The van der Waals surface area contributed by atoms with Crippen molar-refractivity contribution in [1.29, 1.82) is 5.26 Å². The third-order valence-electron chi connectivity index (χ3n) is 5.08. The molecule has 1 aliphatic rings. The Bertz CT molecular complexity index is 630. The Labute approximate surface area is 144 Å². The van der Waals surface area contributed by atoms with Crippen LogP contribution in [0.4, 0.5) is 0 Å². The molecule has 3 nitrogen and oxygen atoms in total. The lowest BCUT2D eigenvalue weighted by molar-refractivity contribution is 0.0806. The first-order chi connectivity index (χ1) is 11.7. The van der Waals surface area contributed by atoms with Crippen molar-refractivity contribution in [2.24, 2.45) is 0 Å². The number of nitrogens with zero attached hydrogens (tertiary/aromatic N) is 2. The normalized spacial score (nSPS) is 16.7. The Morgan fingerprint density at radius 2 is 1.46 bits per heavy atom. The molecular formula is C21H24N2O. The summed E-state index contributed by atoms with van der Waals surface area (Å²) < 4.78 is 0. The molecule has 0 aromatic heterocycles. The topological polar surface area (TPSA) is 47.3 Å². The van der Waals surface area contributed by atoms with Crippen LogP contribution in [0.2, 0.25) is 0 Å². The van der Waals surface area contributed by atoms with E-state index in [1.165, 1.54) is 0 Å². The highest BCUT2D eigenvalue weighted by molar-refractivity contribution is 5.45. The number of aliphatic hydroxyl groups excluding tert-OH is 1. The minimum Gasteiger partial charge on any atom is -0.393 e. The molecule has 3 heteroatoms. The number of hydrogen-bond donors (Lipinski definition) is 1. The molecule has 0 saturated carbocycles. The molecule has 1 saturated heterocycles. The van der Waals surface area contributed by atoms with Gasteiger partial charge >= 0.3 is 0 Å². The van der Waals surface area contributed by atoms with Gasteiger partial charge in [0, 0.05) is 19.6 Å². The number of benzene rings is 2. The van der Waals surface area contributed by atoms with Crippen LogP contribution < -0.4 is 0 Å². The molecule has 0 aliphatic carbocycles. The van der Waals surface area contributed by atoms with E-state index in [1.807, 2.05) is 36.4 Å². The number of likely N-dealkylation sites (tertiary alicyclic amines) is 1. The Hall–Kier alpha value is -2.15. The average Bonchev–Trinajstić information content (AvgIpc) is 2.66. The summed E-state index contributed by atoms with van der Waals surface area (Å²) in [5.41, 5.74) is 1.48. The summed E-state index contributed by atoms with van der Waals surface area (Å²) in [5, 5.41) is 19.8. The minimum absolute atomic E-state index is 0.162. The van der Waals surface area contributed by atoms with Crippen molar-refractivity contribution in [3.8, 4) is 6.07 Å². The number of hydrogen-bond acceptors (Lipinski definition) is 3. The number of nitriles is 1. The molecule has 0 radical (unpaired) electrons. The highest BCUT2D eigenvalue weighted by atomic mass is 16.3. The summed E-state index contributed by atoms with van der Waals surface area (Å²) in [6, 6.07) is 22.8. The Kier molecular flexibility index (Phi) is 5.30. The van der Waals surface area contributed by atoms with E-state index in [0.717, 1.165) is 50.0 Å². The van der Waals surface area contributed by atoms with Crippen LogP contribution in [0.3, 0.4) is 0 Å². The zero-order valence-corrected chi connectivity index (χ0v) is 13.9.